The summed E-state index contributed by atoms with van der Waals surface area (Å²) < 4.78 is 2.39. The molecule has 2 aromatic heterocycles. The fraction of sp³-hybridized carbons (Fsp3) is 0. The molecule has 0 unspecified atom stereocenters. The summed E-state index contributed by atoms with van der Waals surface area (Å²) in [6, 6.07) is 53.1. The minimum absolute atomic E-state index is 0.720. The molecule has 0 aliphatic heterocycles. The number of hydrogen-bond donors (Lipinski definition) is 0. The Balaban J connectivity index is 1.40. The van der Waals surface area contributed by atoms with Crippen molar-refractivity contribution in [3.05, 3.63) is 152 Å². The zero-order valence-corrected chi connectivity index (χ0v) is 22.3. The molecular formula is C38H25N3. The van der Waals surface area contributed by atoms with E-state index in [9.17, 15) is 0 Å². The smallest absolute Gasteiger partial charge is 0.160 e. The molecule has 8 rings (SSSR count). The molecule has 0 atom stereocenters. The van der Waals surface area contributed by atoms with Crippen molar-refractivity contribution in [1.82, 2.24) is 14.5 Å². The third kappa shape index (κ3) is 3.90. The van der Waals surface area contributed by atoms with Crippen LogP contribution in [0.5, 0.6) is 0 Å². The van der Waals surface area contributed by atoms with Crippen LogP contribution in [-0.2, 0) is 0 Å². The van der Waals surface area contributed by atoms with Crippen LogP contribution in [0.4, 0.5) is 0 Å². The van der Waals surface area contributed by atoms with Crippen molar-refractivity contribution in [2.24, 2.45) is 0 Å². The molecule has 192 valence electrons. The second kappa shape index (κ2) is 9.58. The summed E-state index contributed by atoms with van der Waals surface area (Å²) in [5.74, 6) is 0.720. The second-order valence-corrected chi connectivity index (χ2v) is 10.2. The number of hydrogen-bond acceptors (Lipinski definition) is 2. The number of benzene rings is 6. The zero-order valence-electron chi connectivity index (χ0n) is 22.3. The van der Waals surface area contributed by atoms with E-state index in [0.29, 0.717) is 0 Å². The van der Waals surface area contributed by atoms with Gasteiger partial charge in [0.05, 0.1) is 28.1 Å². The summed E-state index contributed by atoms with van der Waals surface area (Å²) in [5.41, 5.74) is 8.52. The van der Waals surface area contributed by atoms with Crippen LogP contribution in [0.15, 0.2) is 152 Å². The zero-order chi connectivity index (χ0) is 27.2. The van der Waals surface area contributed by atoms with Gasteiger partial charge in [0.15, 0.2) is 5.82 Å². The molecule has 0 saturated carbocycles. The van der Waals surface area contributed by atoms with E-state index >= 15 is 0 Å². The van der Waals surface area contributed by atoms with Gasteiger partial charge in [-0.25, -0.2) is 9.97 Å². The maximum Gasteiger partial charge on any atom is 0.160 e. The van der Waals surface area contributed by atoms with Gasteiger partial charge in [-0.1, -0.05) is 127 Å². The highest BCUT2D eigenvalue weighted by Crippen LogP contribution is 2.38. The third-order valence-corrected chi connectivity index (χ3v) is 7.83. The van der Waals surface area contributed by atoms with Crippen LogP contribution < -0.4 is 0 Å². The molecule has 0 aliphatic rings. The van der Waals surface area contributed by atoms with Crippen molar-refractivity contribution in [2.75, 3.05) is 0 Å². The van der Waals surface area contributed by atoms with Crippen molar-refractivity contribution in [3.8, 4) is 39.6 Å². The fourth-order valence-corrected chi connectivity index (χ4v) is 5.94. The predicted octanol–water partition coefficient (Wildman–Crippen LogP) is 9.73. The van der Waals surface area contributed by atoms with Crippen LogP contribution in [0, 0.1) is 0 Å². The van der Waals surface area contributed by atoms with Gasteiger partial charge in [-0.05, 0) is 29.7 Å². The van der Waals surface area contributed by atoms with Crippen molar-refractivity contribution in [1.29, 1.82) is 0 Å². The lowest BCUT2D eigenvalue weighted by Gasteiger charge is -2.15. The summed E-state index contributed by atoms with van der Waals surface area (Å²) in [7, 11) is 0. The van der Waals surface area contributed by atoms with Crippen LogP contribution in [-0.4, -0.2) is 14.5 Å². The molecule has 0 saturated heterocycles. The number of nitrogens with zero attached hydrogens (tertiary/aromatic N) is 3. The maximum atomic E-state index is 5.12. The van der Waals surface area contributed by atoms with Crippen LogP contribution in [0.25, 0.3) is 72.2 Å². The Morgan fingerprint density at radius 2 is 0.902 bits per heavy atom. The second-order valence-electron chi connectivity index (χ2n) is 10.2. The first-order chi connectivity index (χ1) is 20.3. The summed E-state index contributed by atoms with van der Waals surface area (Å²) in [6.07, 6.45) is 0. The minimum atomic E-state index is 0.720. The Labute approximate surface area is 238 Å². The van der Waals surface area contributed by atoms with Crippen LogP contribution >= 0.6 is 0 Å². The van der Waals surface area contributed by atoms with Gasteiger partial charge in [0.25, 0.3) is 0 Å². The summed E-state index contributed by atoms with van der Waals surface area (Å²) in [5, 5.41) is 4.85. The van der Waals surface area contributed by atoms with Crippen molar-refractivity contribution < 1.29 is 0 Å². The van der Waals surface area contributed by atoms with Gasteiger partial charge < -0.3 is 4.57 Å². The minimum Gasteiger partial charge on any atom is -0.309 e. The highest BCUT2D eigenvalue weighted by atomic mass is 15.0. The quantitative estimate of drug-likeness (QED) is 0.230. The van der Waals surface area contributed by atoms with Crippen molar-refractivity contribution in [2.45, 2.75) is 0 Å². The van der Waals surface area contributed by atoms with E-state index in [-0.39, 0.29) is 0 Å². The number of fused-ring (bicyclic) bond motifs is 4. The van der Waals surface area contributed by atoms with E-state index in [1.54, 1.807) is 0 Å². The van der Waals surface area contributed by atoms with E-state index in [1.165, 1.54) is 27.2 Å². The van der Waals surface area contributed by atoms with Gasteiger partial charge >= 0.3 is 0 Å². The van der Waals surface area contributed by atoms with Gasteiger partial charge in [0, 0.05) is 32.8 Å². The van der Waals surface area contributed by atoms with E-state index in [2.05, 4.69) is 132 Å². The molecular weight excluding hydrogens is 498 g/mol. The third-order valence-electron chi connectivity index (χ3n) is 7.83. The van der Waals surface area contributed by atoms with Crippen molar-refractivity contribution >= 4 is 32.6 Å². The SMILES string of the molecule is c1ccc(-c2cc(-c3ccc(-n4c5ccccc5c5ccccc54)c4ccccc34)nc(-c3ccccc3)n2)cc1. The standard InChI is InChI=1S/C38H25N3/c1-3-13-26(14-4-1)33-25-34(40-38(39-33)27-15-5-2-6-16-27)29-23-24-37(30-18-8-7-17-28(29)30)41-35-21-11-9-19-31(35)32-20-10-12-22-36(32)41/h1-25H. The first kappa shape index (κ1) is 23.4. The summed E-state index contributed by atoms with van der Waals surface area (Å²) in [6.45, 7) is 0. The molecule has 0 N–H and O–H groups in total. The first-order valence-electron chi connectivity index (χ1n) is 13.9. The molecule has 0 fully saturated rings. The van der Waals surface area contributed by atoms with E-state index < -0.39 is 0 Å². The average Bonchev–Trinajstić information content (AvgIpc) is 3.39. The molecule has 8 aromatic rings. The highest BCUT2D eigenvalue weighted by Gasteiger charge is 2.17. The molecule has 6 aromatic carbocycles. The average molecular weight is 524 g/mol. The van der Waals surface area contributed by atoms with Gasteiger partial charge in [-0.2, -0.15) is 0 Å². The molecule has 3 nitrogen and oxygen atoms in total. The lowest BCUT2D eigenvalue weighted by molar-refractivity contribution is 1.18. The molecule has 3 heteroatoms. The highest BCUT2D eigenvalue weighted by molar-refractivity contribution is 6.11. The fourth-order valence-electron chi connectivity index (χ4n) is 5.94. The van der Waals surface area contributed by atoms with Gasteiger partial charge in [-0.15, -0.1) is 0 Å². The molecule has 0 aliphatic carbocycles. The van der Waals surface area contributed by atoms with E-state index in [0.717, 1.165) is 45.0 Å². The molecule has 0 bridgehead atoms. The monoisotopic (exact) mass is 523 g/mol. The predicted molar refractivity (Wildman–Crippen MR) is 170 cm³/mol. The number of aromatic nitrogens is 3. The lowest BCUT2D eigenvalue weighted by atomic mass is 9.98. The van der Waals surface area contributed by atoms with Crippen LogP contribution in [0.2, 0.25) is 0 Å². The molecule has 0 spiro atoms. The van der Waals surface area contributed by atoms with Gasteiger partial charge in [0.2, 0.25) is 0 Å². The summed E-state index contributed by atoms with van der Waals surface area (Å²) >= 11 is 0. The van der Waals surface area contributed by atoms with E-state index in [1.807, 2.05) is 24.3 Å². The van der Waals surface area contributed by atoms with Crippen LogP contribution in [0.3, 0.4) is 0 Å². The number of rotatable bonds is 4. The van der Waals surface area contributed by atoms with Gasteiger partial charge in [0.1, 0.15) is 0 Å². The molecule has 0 radical (unpaired) electrons. The Kier molecular flexibility index (Phi) is 5.46. The molecule has 41 heavy (non-hydrogen) atoms. The summed E-state index contributed by atoms with van der Waals surface area (Å²) in [4.78, 5) is 10.1. The Morgan fingerprint density at radius 1 is 0.390 bits per heavy atom. The first-order valence-corrected chi connectivity index (χ1v) is 13.9. The van der Waals surface area contributed by atoms with Gasteiger partial charge in [-0.3, -0.25) is 0 Å². The Morgan fingerprint density at radius 3 is 1.56 bits per heavy atom. The Bertz CT molecular complexity index is 2080. The maximum absolute atomic E-state index is 5.12. The Hall–Kier alpha value is -5.54. The van der Waals surface area contributed by atoms with Crippen molar-refractivity contribution in [3.63, 3.8) is 0 Å². The molecule has 2 heterocycles. The topological polar surface area (TPSA) is 30.7 Å². The lowest BCUT2D eigenvalue weighted by Crippen LogP contribution is -1.98. The van der Waals surface area contributed by atoms with Crippen LogP contribution in [0.1, 0.15) is 0 Å². The molecule has 0 amide bonds. The largest absolute Gasteiger partial charge is 0.309 e. The van der Waals surface area contributed by atoms with E-state index in [4.69, 9.17) is 9.97 Å². The number of para-hydroxylation sites is 2. The normalized spacial score (nSPS) is 11.4.